The van der Waals surface area contributed by atoms with Crippen LogP contribution in [0.4, 0.5) is 5.69 Å². The largest absolute Gasteiger partial charge is 0.369 e. The van der Waals surface area contributed by atoms with Gasteiger partial charge in [-0.15, -0.1) is 0 Å². The molecule has 0 aliphatic carbocycles. The summed E-state index contributed by atoms with van der Waals surface area (Å²) in [6.45, 7) is 0. The second-order valence-corrected chi connectivity index (χ2v) is 2.68. The van der Waals surface area contributed by atoms with Gasteiger partial charge in [-0.1, -0.05) is 29.1 Å². The van der Waals surface area contributed by atoms with Crippen molar-refractivity contribution in [2.75, 3.05) is 0 Å². The van der Waals surface area contributed by atoms with Gasteiger partial charge in [0, 0.05) is 16.2 Å². The number of carbonyl (C=O) groups is 1. The van der Waals surface area contributed by atoms with Crippen LogP contribution in [0, 0.1) is 11.8 Å². The van der Waals surface area contributed by atoms with Crippen LogP contribution < -0.4 is 5.73 Å². The first-order valence-electron chi connectivity index (χ1n) is 4.14. The average molecular weight is 200 g/mol. The van der Waals surface area contributed by atoms with E-state index in [-0.39, 0.29) is 6.42 Å². The van der Waals surface area contributed by atoms with E-state index in [0.29, 0.717) is 11.3 Å². The highest BCUT2D eigenvalue weighted by Gasteiger charge is 1.90. The highest BCUT2D eigenvalue weighted by Crippen LogP contribution is 2.13. The predicted octanol–water partition coefficient (Wildman–Crippen LogP) is 1.86. The molecule has 15 heavy (non-hydrogen) atoms. The SMILES string of the molecule is [N-]=[N+]=Nc1cccc(C#CCC(N)=O)c1. The molecule has 0 saturated heterocycles. The Balaban J connectivity index is 2.84. The third kappa shape index (κ3) is 3.85. The van der Waals surface area contributed by atoms with Crippen molar-refractivity contribution < 1.29 is 4.79 Å². The third-order valence-electron chi connectivity index (χ3n) is 1.50. The van der Waals surface area contributed by atoms with Crippen LogP contribution in [0.5, 0.6) is 0 Å². The fraction of sp³-hybridized carbons (Fsp3) is 0.100. The van der Waals surface area contributed by atoms with Crippen LogP contribution in [-0.4, -0.2) is 5.91 Å². The molecule has 2 N–H and O–H groups in total. The van der Waals surface area contributed by atoms with Gasteiger partial charge >= 0.3 is 0 Å². The van der Waals surface area contributed by atoms with Gasteiger partial charge in [-0.2, -0.15) is 0 Å². The smallest absolute Gasteiger partial charge is 0.229 e. The van der Waals surface area contributed by atoms with Crippen LogP contribution in [0.3, 0.4) is 0 Å². The van der Waals surface area contributed by atoms with Gasteiger partial charge in [-0.25, -0.2) is 0 Å². The van der Waals surface area contributed by atoms with E-state index in [9.17, 15) is 4.79 Å². The Kier molecular flexibility index (Phi) is 3.78. The van der Waals surface area contributed by atoms with Crippen molar-refractivity contribution in [1.29, 1.82) is 0 Å². The summed E-state index contributed by atoms with van der Waals surface area (Å²) in [5.41, 5.74) is 14.3. The van der Waals surface area contributed by atoms with E-state index in [1.54, 1.807) is 24.3 Å². The Hall–Kier alpha value is -2.44. The molecule has 0 saturated carbocycles. The summed E-state index contributed by atoms with van der Waals surface area (Å²) in [7, 11) is 0. The molecule has 0 aliphatic heterocycles. The maximum atomic E-state index is 10.4. The van der Waals surface area contributed by atoms with E-state index in [0.717, 1.165) is 0 Å². The molecule has 5 nitrogen and oxygen atoms in total. The van der Waals surface area contributed by atoms with Crippen LogP contribution in [0.15, 0.2) is 29.4 Å². The van der Waals surface area contributed by atoms with Gasteiger partial charge in [-0.3, -0.25) is 4.79 Å². The molecular weight excluding hydrogens is 192 g/mol. The first-order chi connectivity index (χ1) is 7.22. The molecule has 0 bridgehead atoms. The number of amides is 1. The van der Waals surface area contributed by atoms with Crippen LogP contribution in [-0.2, 0) is 4.79 Å². The van der Waals surface area contributed by atoms with Crippen molar-refractivity contribution in [1.82, 2.24) is 0 Å². The number of rotatable bonds is 2. The van der Waals surface area contributed by atoms with E-state index in [4.69, 9.17) is 11.3 Å². The quantitative estimate of drug-likeness (QED) is 0.335. The topological polar surface area (TPSA) is 91.8 Å². The lowest BCUT2D eigenvalue weighted by atomic mass is 10.2. The Morgan fingerprint density at radius 1 is 1.60 bits per heavy atom. The number of primary amides is 1. The summed E-state index contributed by atoms with van der Waals surface area (Å²) < 4.78 is 0. The summed E-state index contributed by atoms with van der Waals surface area (Å²) in [5.74, 6) is 4.89. The van der Waals surface area contributed by atoms with Crippen LogP contribution in [0.1, 0.15) is 12.0 Å². The number of carbonyl (C=O) groups excluding carboxylic acids is 1. The number of benzene rings is 1. The van der Waals surface area contributed by atoms with Crippen molar-refractivity contribution >= 4 is 11.6 Å². The molecule has 0 fully saturated rings. The van der Waals surface area contributed by atoms with E-state index in [2.05, 4.69) is 21.9 Å². The molecule has 0 spiro atoms. The van der Waals surface area contributed by atoms with Gasteiger partial charge < -0.3 is 5.73 Å². The number of azide groups is 1. The molecule has 0 atom stereocenters. The zero-order valence-electron chi connectivity index (χ0n) is 7.84. The number of hydrogen-bond donors (Lipinski definition) is 1. The van der Waals surface area contributed by atoms with Crippen LogP contribution >= 0.6 is 0 Å². The lowest BCUT2D eigenvalue weighted by Gasteiger charge is -1.91. The summed E-state index contributed by atoms with van der Waals surface area (Å²) in [4.78, 5) is 13.1. The highest BCUT2D eigenvalue weighted by atomic mass is 16.1. The molecule has 0 heterocycles. The number of nitrogens with zero attached hydrogens (tertiary/aromatic N) is 3. The van der Waals surface area contributed by atoms with Crippen molar-refractivity contribution in [3.63, 3.8) is 0 Å². The summed E-state index contributed by atoms with van der Waals surface area (Å²) >= 11 is 0. The zero-order valence-corrected chi connectivity index (χ0v) is 7.84. The van der Waals surface area contributed by atoms with Gasteiger partial charge in [-0.05, 0) is 17.7 Å². The Labute approximate surface area is 86.5 Å². The molecule has 0 unspecified atom stereocenters. The normalized spacial score (nSPS) is 8.27. The van der Waals surface area contributed by atoms with Crippen LogP contribution in [0.25, 0.3) is 10.4 Å². The van der Waals surface area contributed by atoms with Crippen LogP contribution in [0.2, 0.25) is 0 Å². The first kappa shape index (κ1) is 10.6. The Bertz CT molecular complexity index is 478. The van der Waals surface area contributed by atoms with E-state index in [1.807, 2.05) is 0 Å². The molecule has 5 heteroatoms. The maximum absolute atomic E-state index is 10.4. The first-order valence-corrected chi connectivity index (χ1v) is 4.14. The van der Waals surface area contributed by atoms with Gasteiger partial charge in [0.05, 0.1) is 6.42 Å². The Morgan fingerprint density at radius 2 is 2.40 bits per heavy atom. The summed E-state index contributed by atoms with van der Waals surface area (Å²) in [6, 6.07) is 6.77. The summed E-state index contributed by atoms with van der Waals surface area (Å²) in [6.07, 6.45) is 0.0196. The van der Waals surface area contributed by atoms with Gasteiger partial charge in [0.25, 0.3) is 0 Å². The third-order valence-corrected chi connectivity index (χ3v) is 1.50. The lowest BCUT2D eigenvalue weighted by Crippen LogP contribution is -2.08. The average Bonchev–Trinajstić information content (AvgIpc) is 2.18. The minimum Gasteiger partial charge on any atom is -0.369 e. The second kappa shape index (κ2) is 5.32. The molecule has 0 aliphatic rings. The molecule has 0 aromatic heterocycles. The minimum absolute atomic E-state index is 0.0196. The minimum atomic E-state index is -0.464. The highest BCUT2D eigenvalue weighted by molar-refractivity contribution is 5.76. The molecule has 74 valence electrons. The molecule has 1 rings (SSSR count). The fourth-order valence-electron chi connectivity index (χ4n) is 0.931. The molecule has 1 amide bonds. The molecule has 1 aromatic rings. The van der Waals surface area contributed by atoms with Crippen molar-refractivity contribution in [3.05, 3.63) is 40.3 Å². The van der Waals surface area contributed by atoms with Gasteiger partial charge in [0.2, 0.25) is 5.91 Å². The molecule has 0 radical (unpaired) electrons. The second-order valence-electron chi connectivity index (χ2n) is 2.68. The summed E-state index contributed by atoms with van der Waals surface area (Å²) in [5, 5.41) is 3.43. The van der Waals surface area contributed by atoms with E-state index < -0.39 is 5.91 Å². The number of hydrogen-bond acceptors (Lipinski definition) is 2. The number of nitrogens with two attached hydrogens (primary N) is 1. The van der Waals surface area contributed by atoms with Crippen molar-refractivity contribution in [2.45, 2.75) is 6.42 Å². The van der Waals surface area contributed by atoms with Crippen molar-refractivity contribution in [2.24, 2.45) is 10.8 Å². The van der Waals surface area contributed by atoms with E-state index >= 15 is 0 Å². The maximum Gasteiger partial charge on any atom is 0.229 e. The van der Waals surface area contributed by atoms with E-state index in [1.165, 1.54) is 0 Å². The Morgan fingerprint density at radius 3 is 3.07 bits per heavy atom. The fourth-order valence-corrected chi connectivity index (χ4v) is 0.931. The molecular formula is C10H8N4O. The lowest BCUT2D eigenvalue weighted by molar-refractivity contribution is -0.117. The zero-order chi connectivity index (χ0) is 11.1. The monoisotopic (exact) mass is 200 g/mol. The van der Waals surface area contributed by atoms with Gasteiger partial charge in [0.1, 0.15) is 0 Å². The molecule has 1 aromatic carbocycles. The van der Waals surface area contributed by atoms with Crippen molar-refractivity contribution in [3.8, 4) is 11.8 Å². The standard InChI is InChI=1S/C10H8N4O/c11-10(15)6-2-4-8-3-1-5-9(7-8)13-14-12/h1,3,5,7H,6H2,(H2,11,15). The predicted molar refractivity (Wildman–Crippen MR) is 55.9 cm³/mol. The van der Waals surface area contributed by atoms with Gasteiger partial charge in [0.15, 0.2) is 0 Å².